The smallest absolute Gasteiger partial charge is 0.257 e. The molecule has 176 valence electrons. The summed E-state index contributed by atoms with van der Waals surface area (Å²) in [5.74, 6) is 1.60. The number of carbonyl (C=O) groups is 1. The molecule has 35 heavy (non-hydrogen) atoms. The Morgan fingerprint density at radius 1 is 1.03 bits per heavy atom. The number of aromatic nitrogens is 3. The Balaban J connectivity index is 1.56. The van der Waals surface area contributed by atoms with Gasteiger partial charge >= 0.3 is 0 Å². The number of fused-ring (bicyclic) bond motifs is 2. The van der Waals surface area contributed by atoms with Gasteiger partial charge in [0.05, 0.1) is 33.9 Å². The molecule has 0 aliphatic heterocycles. The van der Waals surface area contributed by atoms with Crippen LogP contribution in [0.1, 0.15) is 23.3 Å². The number of imidazole rings is 1. The molecule has 7 nitrogen and oxygen atoms in total. The van der Waals surface area contributed by atoms with Crippen LogP contribution in [0.5, 0.6) is 11.5 Å². The minimum absolute atomic E-state index is 0.0741. The highest BCUT2D eigenvalue weighted by Crippen LogP contribution is 2.34. The second kappa shape index (κ2) is 9.99. The molecular formula is C27H24N4O3S. The monoisotopic (exact) mass is 484 g/mol. The highest BCUT2D eigenvalue weighted by molar-refractivity contribution is 7.19. The molecule has 0 saturated heterocycles. The van der Waals surface area contributed by atoms with Crippen LogP contribution >= 0.6 is 11.3 Å². The summed E-state index contributed by atoms with van der Waals surface area (Å²) in [5.41, 5.74) is 4.56. The third-order valence-corrected chi connectivity index (χ3v) is 6.47. The molecule has 0 fully saturated rings. The van der Waals surface area contributed by atoms with Crippen LogP contribution in [0.4, 0.5) is 0 Å². The first-order valence-electron chi connectivity index (χ1n) is 11.2. The number of rotatable bonds is 8. The van der Waals surface area contributed by atoms with Gasteiger partial charge in [-0.3, -0.25) is 4.79 Å². The Labute approximate surface area is 206 Å². The van der Waals surface area contributed by atoms with Crippen molar-refractivity contribution in [3.63, 3.8) is 0 Å². The first-order valence-corrected chi connectivity index (χ1v) is 12.1. The number of methoxy groups -OCH3 is 1. The van der Waals surface area contributed by atoms with E-state index in [1.807, 2.05) is 67.6 Å². The van der Waals surface area contributed by atoms with Crippen LogP contribution in [0, 0.1) is 0 Å². The van der Waals surface area contributed by atoms with Gasteiger partial charge in [0, 0.05) is 6.54 Å². The van der Waals surface area contributed by atoms with Crippen molar-refractivity contribution in [2.24, 2.45) is 0 Å². The molecule has 5 rings (SSSR count). The molecule has 0 atom stereocenters. The van der Waals surface area contributed by atoms with Crippen molar-refractivity contribution in [1.29, 1.82) is 0 Å². The Morgan fingerprint density at radius 2 is 1.83 bits per heavy atom. The van der Waals surface area contributed by atoms with E-state index in [4.69, 9.17) is 19.4 Å². The number of carbonyl (C=O) groups excluding carboxylic acids is 1. The fourth-order valence-electron chi connectivity index (χ4n) is 3.75. The lowest BCUT2D eigenvalue weighted by molar-refractivity contribution is -0.123. The Morgan fingerprint density at radius 3 is 2.60 bits per heavy atom. The Hall–Kier alpha value is -4.17. The molecule has 5 aromatic rings. The predicted molar refractivity (Wildman–Crippen MR) is 140 cm³/mol. The molecule has 2 N–H and O–H groups in total. The van der Waals surface area contributed by atoms with Crippen molar-refractivity contribution in [1.82, 2.24) is 20.3 Å². The zero-order valence-electron chi connectivity index (χ0n) is 19.4. The fraction of sp³-hybridized carbons (Fsp3) is 0.148. The van der Waals surface area contributed by atoms with Gasteiger partial charge in [-0.2, -0.15) is 0 Å². The maximum atomic E-state index is 11.8. The average Bonchev–Trinajstić information content (AvgIpc) is 3.50. The van der Waals surface area contributed by atoms with Crippen LogP contribution in [-0.4, -0.2) is 41.1 Å². The van der Waals surface area contributed by atoms with Crippen molar-refractivity contribution in [2.75, 3.05) is 20.3 Å². The number of H-pyrrole nitrogens is 1. The van der Waals surface area contributed by atoms with Gasteiger partial charge in [0.25, 0.3) is 5.91 Å². The Kier molecular flexibility index (Phi) is 6.45. The van der Waals surface area contributed by atoms with Gasteiger partial charge in [-0.25, -0.2) is 9.97 Å². The number of likely N-dealkylation sites (N-methyl/N-ethyl adjacent to an activating group) is 1. The molecule has 2 aromatic heterocycles. The van der Waals surface area contributed by atoms with Crippen molar-refractivity contribution < 1.29 is 14.3 Å². The molecule has 0 aliphatic carbocycles. The van der Waals surface area contributed by atoms with E-state index in [1.165, 1.54) is 0 Å². The first-order chi connectivity index (χ1) is 17.1. The normalized spacial score (nSPS) is 11.7. The molecule has 0 aliphatic rings. The van der Waals surface area contributed by atoms with E-state index in [0.29, 0.717) is 18.0 Å². The third kappa shape index (κ3) is 4.88. The number of hydrogen-bond acceptors (Lipinski definition) is 6. The minimum atomic E-state index is -0.179. The van der Waals surface area contributed by atoms with Gasteiger partial charge in [0.1, 0.15) is 10.8 Å². The maximum Gasteiger partial charge on any atom is 0.257 e. The maximum absolute atomic E-state index is 11.8. The lowest BCUT2D eigenvalue weighted by atomic mass is 10.1. The van der Waals surface area contributed by atoms with E-state index in [2.05, 4.69) is 16.4 Å². The number of aromatic amines is 1. The summed E-state index contributed by atoms with van der Waals surface area (Å²) in [6, 6.07) is 21.6. The van der Waals surface area contributed by atoms with Crippen molar-refractivity contribution >= 4 is 50.1 Å². The average molecular weight is 485 g/mol. The van der Waals surface area contributed by atoms with Crippen LogP contribution in [0.2, 0.25) is 0 Å². The van der Waals surface area contributed by atoms with Crippen molar-refractivity contribution in [3.05, 3.63) is 83.1 Å². The van der Waals surface area contributed by atoms with E-state index >= 15 is 0 Å². The number of amides is 1. The van der Waals surface area contributed by atoms with Crippen LogP contribution < -0.4 is 14.8 Å². The summed E-state index contributed by atoms with van der Waals surface area (Å²) in [7, 11) is 1.58. The fourth-order valence-corrected chi connectivity index (χ4v) is 4.73. The number of nitrogens with one attached hydrogen (secondary N) is 2. The van der Waals surface area contributed by atoms with Gasteiger partial charge in [-0.1, -0.05) is 30.3 Å². The number of para-hydroxylation sites is 3. The SMILES string of the molecule is CCNC(=O)COc1ccc(/C=C(\c2nc3ccccc3[nH]2)c2nc3ccccc3s2)cc1OC. The van der Waals surface area contributed by atoms with Crippen LogP contribution in [0.3, 0.4) is 0 Å². The van der Waals surface area contributed by atoms with Crippen LogP contribution in [-0.2, 0) is 4.79 Å². The van der Waals surface area contributed by atoms with E-state index in [1.54, 1.807) is 24.5 Å². The summed E-state index contributed by atoms with van der Waals surface area (Å²) >= 11 is 1.62. The molecule has 2 heterocycles. The topological polar surface area (TPSA) is 89.1 Å². The van der Waals surface area contributed by atoms with Gasteiger partial charge in [-0.15, -0.1) is 11.3 Å². The summed E-state index contributed by atoms with van der Waals surface area (Å²) in [4.78, 5) is 24.9. The second-order valence-electron chi connectivity index (χ2n) is 7.80. The van der Waals surface area contributed by atoms with E-state index in [-0.39, 0.29) is 12.5 Å². The molecule has 0 saturated carbocycles. The largest absolute Gasteiger partial charge is 0.493 e. The van der Waals surface area contributed by atoms with Crippen LogP contribution in [0.25, 0.3) is 32.9 Å². The minimum Gasteiger partial charge on any atom is -0.493 e. The van der Waals surface area contributed by atoms with E-state index in [9.17, 15) is 4.79 Å². The molecule has 0 bridgehead atoms. The number of thiazole rings is 1. The van der Waals surface area contributed by atoms with Crippen molar-refractivity contribution in [2.45, 2.75) is 6.92 Å². The standard InChI is InChI=1S/C27H24N4O3S/c1-3-28-25(32)16-34-22-13-12-17(15-23(22)33-2)14-18(26-29-19-8-4-5-9-20(19)30-26)27-31-21-10-6-7-11-24(21)35-27/h4-15H,3,16H2,1-2H3,(H,28,32)(H,29,30)/b18-14+. The summed E-state index contributed by atoms with van der Waals surface area (Å²) in [6.45, 7) is 2.35. The van der Waals surface area contributed by atoms with Gasteiger partial charge in [-0.05, 0) is 55.0 Å². The second-order valence-corrected chi connectivity index (χ2v) is 8.83. The zero-order valence-corrected chi connectivity index (χ0v) is 20.2. The molecule has 3 aromatic carbocycles. The first kappa shape index (κ1) is 22.6. The summed E-state index contributed by atoms with van der Waals surface area (Å²) in [6.07, 6.45) is 2.03. The molecule has 0 radical (unpaired) electrons. The van der Waals surface area contributed by atoms with E-state index in [0.717, 1.165) is 43.2 Å². The summed E-state index contributed by atoms with van der Waals surface area (Å²) < 4.78 is 12.3. The molecule has 0 unspecified atom stereocenters. The lowest BCUT2D eigenvalue weighted by Gasteiger charge is -2.11. The Bertz CT molecular complexity index is 1390. The zero-order chi connectivity index (χ0) is 24.2. The predicted octanol–water partition coefficient (Wildman–Crippen LogP) is 5.29. The highest BCUT2D eigenvalue weighted by Gasteiger charge is 2.16. The van der Waals surface area contributed by atoms with Gasteiger partial charge in [0.2, 0.25) is 0 Å². The third-order valence-electron chi connectivity index (χ3n) is 5.40. The molecular weight excluding hydrogens is 460 g/mol. The summed E-state index contributed by atoms with van der Waals surface area (Å²) in [5, 5.41) is 3.58. The van der Waals surface area contributed by atoms with Gasteiger partial charge < -0.3 is 19.8 Å². The van der Waals surface area contributed by atoms with E-state index < -0.39 is 0 Å². The number of benzene rings is 3. The number of hydrogen-bond donors (Lipinski definition) is 2. The number of ether oxygens (including phenoxy) is 2. The highest BCUT2D eigenvalue weighted by atomic mass is 32.1. The molecule has 1 amide bonds. The lowest BCUT2D eigenvalue weighted by Crippen LogP contribution is -2.28. The van der Waals surface area contributed by atoms with Crippen LogP contribution in [0.15, 0.2) is 66.7 Å². The quantitative estimate of drug-likeness (QED) is 0.313. The molecule has 8 heteroatoms. The van der Waals surface area contributed by atoms with Crippen molar-refractivity contribution in [3.8, 4) is 11.5 Å². The number of nitrogens with zero attached hydrogens (tertiary/aromatic N) is 2. The molecule has 0 spiro atoms. The van der Waals surface area contributed by atoms with Gasteiger partial charge in [0.15, 0.2) is 18.1 Å².